The van der Waals surface area contributed by atoms with Crippen LogP contribution in [0.1, 0.15) is 46.5 Å². The van der Waals surface area contributed by atoms with E-state index in [0.29, 0.717) is 25.8 Å². The fraction of sp³-hybridized carbons (Fsp3) is 0.722. The third-order valence-corrected chi connectivity index (χ3v) is 5.20. The van der Waals surface area contributed by atoms with Crippen LogP contribution in [0.2, 0.25) is 0 Å². The maximum Gasteiger partial charge on any atom is 0.324 e. The minimum Gasteiger partial charge on any atom is -0.368 e. The van der Waals surface area contributed by atoms with Gasteiger partial charge in [-0.1, -0.05) is 13.8 Å². The predicted octanol–water partition coefficient (Wildman–Crippen LogP) is -0.676. The first-order valence-electron chi connectivity index (χ1n) is 9.63. The molecule has 0 aromatic rings. The molecule has 0 aromatic carbocycles. The smallest absolute Gasteiger partial charge is 0.324 e. The van der Waals surface area contributed by atoms with Crippen molar-refractivity contribution >= 4 is 29.7 Å². The Hall–Kier alpha value is -2.65. The SMILES string of the molecule is CCC(NC(C)=O)[C@H](NC(=O)N1CC(C)CC1=O)C(=O)N1CCC[C@H]1C(N)=O. The van der Waals surface area contributed by atoms with Crippen LogP contribution < -0.4 is 16.4 Å². The first-order chi connectivity index (χ1) is 13.1. The molecule has 2 aliphatic heterocycles. The van der Waals surface area contributed by atoms with Crippen molar-refractivity contribution in [2.24, 2.45) is 11.7 Å². The largest absolute Gasteiger partial charge is 0.368 e. The second-order valence-electron chi connectivity index (χ2n) is 7.55. The quantitative estimate of drug-likeness (QED) is 0.546. The van der Waals surface area contributed by atoms with Crippen molar-refractivity contribution in [2.45, 2.75) is 64.6 Å². The lowest BCUT2D eigenvalue weighted by atomic mass is 10.0. The fourth-order valence-electron chi connectivity index (χ4n) is 3.82. The van der Waals surface area contributed by atoms with Crippen molar-refractivity contribution in [3.05, 3.63) is 0 Å². The van der Waals surface area contributed by atoms with E-state index in [0.717, 1.165) is 4.90 Å². The molecule has 0 radical (unpaired) electrons. The Morgan fingerprint density at radius 3 is 2.43 bits per heavy atom. The number of nitrogens with zero attached hydrogens (tertiary/aromatic N) is 2. The summed E-state index contributed by atoms with van der Waals surface area (Å²) in [5.41, 5.74) is 5.41. The summed E-state index contributed by atoms with van der Waals surface area (Å²) in [6.07, 6.45) is 1.72. The highest BCUT2D eigenvalue weighted by atomic mass is 16.2. The van der Waals surface area contributed by atoms with E-state index in [2.05, 4.69) is 10.6 Å². The van der Waals surface area contributed by atoms with E-state index >= 15 is 0 Å². The van der Waals surface area contributed by atoms with E-state index in [9.17, 15) is 24.0 Å². The second kappa shape index (κ2) is 9.03. The normalized spacial score (nSPS) is 24.0. The Bertz CT molecular complexity index is 667. The summed E-state index contributed by atoms with van der Waals surface area (Å²) in [6.45, 7) is 5.57. The van der Waals surface area contributed by atoms with Gasteiger partial charge in [-0.15, -0.1) is 0 Å². The molecule has 2 aliphatic rings. The Balaban J connectivity index is 2.24. The van der Waals surface area contributed by atoms with Crippen molar-refractivity contribution in [2.75, 3.05) is 13.1 Å². The molecular weight excluding hydrogens is 366 g/mol. The van der Waals surface area contributed by atoms with Crippen molar-refractivity contribution in [3.63, 3.8) is 0 Å². The number of carbonyl (C=O) groups excluding carboxylic acids is 5. The molecule has 10 nitrogen and oxygen atoms in total. The van der Waals surface area contributed by atoms with Crippen molar-refractivity contribution in [3.8, 4) is 0 Å². The van der Waals surface area contributed by atoms with Gasteiger partial charge in [0.15, 0.2) is 0 Å². The van der Waals surface area contributed by atoms with Gasteiger partial charge in [0, 0.05) is 26.4 Å². The van der Waals surface area contributed by atoms with Gasteiger partial charge in [-0.05, 0) is 25.2 Å². The number of likely N-dealkylation sites (tertiary alicyclic amines) is 2. The molecule has 2 saturated heterocycles. The van der Waals surface area contributed by atoms with Crippen molar-refractivity contribution in [1.29, 1.82) is 0 Å². The Labute approximate surface area is 164 Å². The molecule has 0 saturated carbocycles. The molecule has 2 unspecified atom stereocenters. The molecule has 28 heavy (non-hydrogen) atoms. The number of primary amides is 1. The van der Waals surface area contributed by atoms with E-state index in [1.807, 2.05) is 6.92 Å². The molecule has 2 rings (SSSR count). The van der Waals surface area contributed by atoms with E-state index in [1.54, 1.807) is 6.92 Å². The molecule has 4 atom stereocenters. The fourth-order valence-corrected chi connectivity index (χ4v) is 3.82. The molecule has 10 heteroatoms. The Morgan fingerprint density at radius 1 is 1.25 bits per heavy atom. The lowest BCUT2D eigenvalue weighted by molar-refractivity contribution is -0.139. The van der Waals surface area contributed by atoms with Gasteiger partial charge in [0.05, 0.1) is 6.04 Å². The molecule has 0 aliphatic carbocycles. The van der Waals surface area contributed by atoms with Crippen LogP contribution in [0.3, 0.4) is 0 Å². The van der Waals surface area contributed by atoms with E-state index in [4.69, 9.17) is 5.73 Å². The summed E-state index contributed by atoms with van der Waals surface area (Å²) in [4.78, 5) is 63.6. The van der Waals surface area contributed by atoms with Gasteiger partial charge >= 0.3 is 6.03 Å². The summed E-state index contributed by atoms with van der Waals surface area (Å²) < 4.78 is 0. The first kappa shape index (κ1) is 21.6. The zero-order valence-electron chi connectivity index (χ0n) is 16.6. The Kier molecular flexibility index (Phi) is 6.98. The molecule has 4 N–H and O–H groups in total. The van der Waals surface area contributed by atoms with Gasteiger partial charge in [0.2, 0.25) is 23.6 Å². The molecule has 2 fully saturated rings. The summed E-state index contributed by atoms with van der Waals surface area (Å²) in [5, 5.41) is 5.28. The van der Waals surface area contributed by atoms with Crippen LogP contribution in [0.4, 0.5) is 4.79 Å². The van der Waals surface area contributed by atoms with Crippen LogP contribution in [0.25, 0.3) is 0 Å². The van der Waals surface area contributed by atoms with Crippen molar-refractivity contribution in [1.82, 2.24) is 20.4 Å². The number of nitrogens with one attached hydrogen (secondary N) is 2. The van der Waals surface area contributed by atoms with Crippen LogP contribution in [0, 0.1) is 5.92 Å². The third-order valence-electron chi connectivity index (χ3n) is 5.20. The zero-order valence-corrected chi connectivity index (χ0v) is 16.6. The molecule has 6 amide bonds. The van der Waals surface area contributed by atoms with Crippen LogP contribution in [-0.2, 0) is 19.2 Å². The highest BCUT2D eigenvalue weighted by Crippen LogP contribution is 2.21. The highest BCUT2D eigenvalue weighted by Gasteiger charge is 2.41. The topological polar surface area (TPSA) is 142 Å². The number of urea groups is 1. The Morgan fingerprint density at radius 2 is 1.93 bits per heavy atom. The average Bonchev–Trinajstić information content (AvgIpc) is 3.23. The monoisotopic (exact) mass is 395 g/mol. The number of hydrogen-bond acceptors (Lipinski definition) is 5. The van der Waals surface area contributed by atoms with Gasteiger partial charge in [0.1, 0.15) is 12.1 Å². The number of imide groups is 1. The van der Waals surface area contributed by atoms with Gasteiger partial charge in [-0.2, -0.15) is 0 Å². The van der Waals surface area contributed by atoms with Crippen molar-refractivity contribution < 1.29 is 24.0 Å². The van der Waals surface area contributed by atoms with E-state index in [1.165, 1.54) is 11.8 Å². The van der Waals surface area contributed by atoms with Crippen LogP contribution >= 0.6 is 0 Å². The number of rotatable bonds is 6. The van der Waals surface area contributed by atoms with Gasteiger partial charge < -0.3 is 21.3 Å². The average molecular weight is 395 g/mol. The number of amides is 6. The first-order valence-corrected chi connectivity index (χ1v) is 9.63. The van der Waals surface area contributed by atoms with Gasteiger partial charge in [-0.25, -0.2) is 4.79 Å². The second-order valence-corrected chi connectivity index (χ2v) is 7.55. The van der Waals surface area contributed by atoms with Crippen LogP contribution in [0.15, 0.2) is 0 Å². The number of nitrogens with two attached hydrogens (primary N) is 1. The maximum absolute atomic E-state index is 13.2. The maximum atomic E-state index is 13.2. The minimum atomic E-state index is -1.11. The minimum absolute atomic E-state index is 0.0440. The molecule has 2 heterocycles. The summed E-state index contributed by atoms with van der Waals surface area (Å²) in [7, 11) is 0. The molecule has 0 spiro atoms. The van der Waals surface area contributed by atoms with Crippen LogP contribution in [-0.4, -0.2) is 70.7 Å². The van der Waals surface area contributed by atoms with E-state index in [-0.39, 0.29) is 30.7 Å². The van der Waals surface area contributed by atoms with Crippen LogP contribution in [0.5, 0.6) is 0 Å². The lowest BCUT2D eigenvalue weighted by Gasteiger charge is -2.33. The standard InChI is InChI=1S/C18H29N5O5/c1-4-12(20-11(3)24)15(17(27)22-7-5-6-13(22)16(19)26)21-18(28)23-9-10(2)8-14(23)25/h10,12-13,15H,4-9H2,1-3H3,(H2,19,26)(H,20,24)(H,21,28)/t10?,12?,13-,15-/m0/s1. The van der Waals surface area contributed by atoms with E-state index < -0.39 is 36.0 Å². The highest BCUT2D eigenvalue weighted by molar-refractivity contribution is 5.99. The molecule has 156 valence electrons. The summed E-state index contributed by atoms with van der Waals surface area (Å²) in [6, 6.07) is -3.20. The third kappa shape index (κ3) is 4.79. The molecule has 0 bridgehead atoms. The predicted molar refractivity (Wildman–Crippen MR) is 99.6 cm³/mol. The summed E-state index contributed by atoms with van der Waals surface area (Å²) >= 11 is 0. The van der Waals surface area contributed by atoms with Gasteiger partial charge in [0.25, 0.3) is 0 Å². The van der Waals surface area contributed by atoms with Gasteiger partial charge in [-0.3, -0.25) is 24.1 Å². The number of hydrogen-bond donors (Lipinski definition) is 3. The zero-order chi connectivity index (χ0) is 21.0. The molecular formula is C18H29N5O5. The number of carbonyl (C=O) groups is 5. The lowest BCUT2D eigenvalue weighted by Crippen LogP contribution is -2.62. The molecule has 0 aromatic heterocycles. The summed E-state index contributed by atoms with van der Waals surface area (Å²) in [5.74, 6) is -1.71.